The maximum atomic E-state index is 6.24. The molecule has 1 aliphatic rings. The van der Waals surface area contributed by atoms with Crippen LogP contribution in [-0.2, 0) is 9.16 Å². The van der Waals surface area contributed by atoms with Crippen molar-refractivity contribution in [3.05, 3.63) is 12.2 Å². The monoisotopic (exact) mass is 234 g/mol. The minimum atomic E-state index is -1.64. The van der Waals surface area contributed by atoms with E-state index in [1.54, 1.807) is 7.11 Å². The standard InChI is InChI=1S/C12H23O2Si.Li/c1-12(2,3)15(5,6)14-11-8-7-10(9-11)13-4;/h8,10-11H,9H2,1-6H3;/q-1;+1/t10-,11+;/m0./s1. The largest absolute Gasteiger partial charge is 1.00 e. The summed E-state index contributed by atoms with van der Waals surface area (Å²) in [6, 6.07) is 0. The Morgan fingerprint density at radius 1 is 1.31 bits per heavy atom. The van der Waals surface area contributed by atoms with Crippen LogP contribution >= 0.6 is 0 Å². The number of hydrogen-bond donors (Lipinski definition) is 0. The summed E-state index contributed by atoms with van der Waals surface area (Å²) in [6.07, 6.45) is 6.45. The van der Waals surface area contributed by atoms with Gasteiger partial charge in [-0.1, -0.05) is 26.9 Å². The fraction of sp³-hybridized carbons (Fsp3) is 0.833. The Balaban J connectivity index is 0.00000225. The SMILES string of the molecule is CO[C@H]1[C-]=C[C@@H](O[Si](C)(C)C(C)(C)C)C1.[Li+]. The molecule has 88 valence electrons. The molecule has 0 heterocycles. The molecule has 0 aromatic rings. The van der Waals surface area contributed by atoms with Gasteiger partial charge in [0.2, 0.25) is 0 Å². The molecule has 1 aliphatic carbocycles. The maximum Gasteiger partial charge on any atom is 1.00 e. The molecular formula is C12H23LiO2Si. The van der Waals surface area contributed by atoms with Gasteiger partial charge in [0.25, 0.3) is 0 Å². The first kappa shape index (κ1) is 16.5. The molecule has 0 fully saturated rings. The molecule has 16 heavy (non-hydrogen) atoms. The topological polar surface area (TPSA) is 18.5 Å². The van der Waals surface area contributed by atoms with Gasteiger partial charge in [-0.05, 0) is 24.6 Å². The number of rotatable bonds is 3. The molecule has 1 rings (SSSR count). The summed E-state index contributed by atoms with van der Waals surface area (Å²) in [5.41, 5.74) is 0. The van der Waals surface area contributed by atoms with Crippen molar-refractivity contribution in [3.8, 4) is 0 Å². The zero-order chi connectivity index (χ0) is 11.7. The van der Waals surface area contributed by atoms with Gasteiger partial charge in [0.15, 0.2) is 8.32 Å². The molecule has 0 bridgehead atoms. The molecule has 0 radical (unpaired) electrons. The average molecular weight is 234 g/mol. The second kappa shape index (κ2) is 5.88. The van der Waals surface area contributed by atoms with Crippen LogP contribution in [-0.4, -0.2) is 27.6 Å². The summed E-state index contributed by atoms with van der Waals surface area (Å²) >= 11 is 0. The molecule has 0 saturated carbocycles. The van der Waals surface area contributed by atoms with Crippen LogP contribution in [0.15, 0.2) is 6.08 Å². The predicted molar refractivity (Wildman–Crippen MR) is 65.3 cm³/mol. The van der Waals surface area contributed by atoms with Gasteiger partial charge in [-0.25, -0.2) is 6.08 Å². The molecule has 0 unspecified atom stereocenters. The quantitative estimate of drug-likeness (QED) is 0.511. The van der Waals surface area contributed by atoms with Gasteiger partial charge in [0.1, 0.15) is 0 Å². The van der Waals surface area contributed by atoms with E-state index in [4.69, 9.17) is 9.16 Å². The van der Waals surface area contributed by atoms with Crippen molar-refractivity contribution in [3.63, 3.8) is 0 Å². The van der Waals surface area contributed by atoms with Gasteiger partial charge >= 0.3 is 18.9 Å². The van der Waals surface area contributed by atoms with E-state index in [2.05, 4.69) is 39.9 Å². The zero-order valence-electron chi connectivity index (χ0n) is 11.8. The molecular weight excluding hydrogens is 211 g/mol. The van der Waals surface area contributed by atoms with E-state index in [1.807, 2.05) is 6.08 Å². The van der Waals surface area contributed by atoms with Crippen molar-refractivity contribution in [1.29, 1.82) is 0 Å². The fourth-order valence-electron chi connectivity index (χ4n) is 1.36. The van der Waals surface area contributed by atoms with Crippen LogP contribution < -0.4 is 18.9 Å². The first-order chi connectivity index (χ1) is 6.76. The van der Waals surface area contributed by atoms with Crippen molar-refractivity contribution in [2.45, 2.75) is 57.5 Å². The summed E-state index contributed by atoms with van der Waals surface area (Å²) in [6.45, 7) is 11.3. The summed E-state index contributed by atoms with van der Waals surface area (Å²) in [7, 11) is 0.0834. The summed E-state index contributed by atoms with van der Waals surface area (Å²) in [5, 5.41) is 0.270. The molecule has 0 spiro atoms. The second-order valence-corrected chi connectivity index (χ2v) is 10.5. The van der Waals surface area contributed by atoms with Crippen LogP contribution in [0.2, 0.25) is 18.1 Å². The van der Waals surface area contributed by atoms with Crippen LogP contribution in [0, 0.1) is 6.08 Å². The summed E-state index contributed by atoms with van der Waals surface area (Å²) in [5.74, 6) is 0. The smallest absolute Gasteiger partial charge is 0.468 e. The van der Waals surface area contributed by atoms with E-state index in [1.165, 1.54) is 0 Å². The third kappa shape index (κ3) is 4.05. The predicted octanol–water partition coefficient (Wildman–Crippen LogP) is 0.159. The van der Waals surface area contributed by atoms with Gasteiger partial charge in [0, 0.05) is 13.2 Å². The first-order valence-electron chi connectivity index (χ1n) is 5.56. The molecule has 0 aromatic heterocycles. The average Bonchev–Trinajstić information content (AvgIpc) is 2.49. The van der Waals surface area contributed by atoms with Crippen molar-refractivity contribution < 1.29 is 28.0 Å². The van der Waals surface area contributed by atoms with E-state index < -0.39 is 8.32 Å². The minimum Gasteiger partial charge on any atom is -0.468 e. The molecule has 0 aromatic carbocycles. The molecule has 0 amide bonds. The van der Waals surface area contributed by atoms with Gasteiger partial charge < -0.3 is 15.2 Å². The van der Waals surface area contributed by atoms with Crippen LogP contribution in [0.3, 0.4) is 0 Å². The molecule has 2 atom stereocenters. The minimum absolute atomic E-state index is 0. The Kier molecular flexibility index (Phi) is 6.06. The van der Waals surface area contributed by atoms with E-state index >= 15 is 0 Å². The third-order valence-corrected chi connectivity index (χ3v) is 7.96. The Hall–Kier alpha value is 0.474. The molecule has 0 saturated heterocycles. The Bertz CT molecular complexity index is 246. The van der Waals surface area contributed by atoms with E-state index in [0.717, 1.165) is 6.42 Å². The van der Waals surface area contributed by atoms with Gasteiger partial charge in [-0.3, -0.25) is 0 Å². The second-order valence-electron chi connectivity index (χ2n) is 5.71. The van der Waals surface area contributed by atoms with E-state index in [9.17, 15) is 0 Å². The molecule has 2 nitrogen and oxygen atoms in total. The third-order valence-electron chi connectivity index (χ3n) is 3.45. The van der Waals surface area contributed by atoms with Crippen molar-refractivity contribution in [2.75, 3.05) is 7.11 Å². The van der Waals surface area contributed by atoms with Crippen LogP contribution in [0.25, 0.3) is 0 Å². The Labute approximate surface area is 113 Å². The summed E-state index contributed by atoms with van der Waals surface area (Å²) < 4.78 is 11.5. The number of ether oxygens (including phenoxy) is 1. The van der Waals surface area contributed by atoms with Crippen LogP contribution in [0.4, 0.5) is 0 Å². The van der Waals surface area contributed by atoms with Crippen molar-refractivity contribution >= 4 is 8.32 Å². The molecule has 0 aliphatic heterocycles. The number of methoxy groups -OCH3 is 1. The first-order valence-corrected chi connectivity index (χ1v) is 8.47. The van der Waals surface area contributed by atoms with Crippen molar-refractivity contribution in [2.24, 2.45) is 0 Å². The number of hydrogen-bond acceptors (Lipinski definition) is 2. The zero-order valence-corrected chi connectivity index (χ0v) is 12.8. The van der Waals surface area contributed by atoms with Crippen molar-refractivity contribution in [1.82, 2.24) is 0 Å². The Morgan fingerprint density at radius 2 is 1.88 bits per heavy atom. The maximum absolute atomic E-state index is 6.24. The van der Waals surface area contributed by atoms with Gasteiger partial charge in [-0.15, -0.1) is 0 Å². The summed E-state index contributed by atoms with van der Waals surface area (Å²) in [4.78, 5) is 0. The normalized spacial score (nSPS) is 25.6. The van der Waals surface area contributed by atoms with E-state index in [-0.39, 0.29) is 36.1 Å². The molecule has 4 heteroatoms. The van der Waals surface area contributed by atoms with Gasteiger partial charge in [-0.2, -0.15) is 0 Å². The van der Waals surface area contributed by atoms with Gasteiger partial charge in [0.05, 0.1) is 0 Å². The molecule has 0 N–H and O–H groups in total. The Morgan fingerprint density at radius 3 is 2.25 bits per heavy atom. The fourth-order valence-corrected chi connectivity index (χ4v) is 2.64. The van der Waals surface area contributed by atoms with Crippen LogP contribution in [0.5, 0.6) is 0 Å². The van der Waals surface area contributed by atoms with Crippen LogP contribution in [0.1, 0.15) is 27.2 Å². The van der Waals surface area contributed by atoms with E-state index in [0.29, 0.717) is 0 Å².